The molecule has 192 valence electrons. The van der Waals surface area contributed by atoms with Crippen molar-refractivity contribution >= 4 is 45.2 Å². The van der Waals surface area contributed by atoms with Crippen molar-refractivity contribution in [3.05, 3.63) is 28.2 Å². The van der Waals surface area contributed by atoms with E-state index in [-0.39, 0.29) is 42.1 Å². The molecule has 12 heteroatoms. The van der Waals surface area contributed by atoms with E-state index in [1.165, 1.54) is 27.4 Å². The van der Waals surface area contributed by atoms with Gasteiger partial charge in [0.05, 0.1) is 24.3 Å². The molecule has 1 heterocycles. The van der Waals surface area contributed by atoms with Crippen LogP contribution in [0.4, 0.5) is 4.79 Å². The van der Waals surface area contributed by atoms with Gasteiger partial charge in [-0.2, -0.15) is 4.31 Å². The highest BCUT2D eigenvalue weighted by Crippen LogP contribution is 2.29. The summed E-state index contributed by atoms with van der Waals surface area (Å²) in [6, 6.07) is 3.23. The highest BCUT2D eigenvalue weighted by atomic mass is 35.5. The molecule has 2 amide bonds. The molecule has 1 aliphatic heterocycles. The van der Waals surface area contributed by atoms with E-state index in [9.17, 15) is 18.0 Å². The first-order valence-corrected chi connectivity index (χ1v) is 13.2. The molecule has 1 fully saturated rings. The van der Waals surface area contributed by atoms with Gasteiger partial charge in [-0.3, -0.25) is 9.69 Å². The molecule has 0 aliphatic carbocycles. The van der Waals surface area contributed by atoms with Gasteiger partial charge < -0.3 is 15.2 Å². The van der Waals surface area contributed by atoms with Crippen molar-refractivity contribution < 1.29 is 27.5 Å². The van der Waals surface area contributed by atoms with Gasteiger partial charge in [-0.1, -0.05) is 37.0 Å². The molecule has 0 aromatic heterocycles. The quantitative estimate of drug-likeness (QED) is 0.541. The minimum atomic E-state index is -3.95. The van der Waals surface area contributed by atoms with Crippen LogP contribution in [0.1, 0.15) is 41.0 Å². The van der Waals surface area contributed by atoms with Gasteiger partial charge in [0, 0.05) is 18.1 Å². The first-order chi connectivity index (χ1) is 15.6. The second kappa shape index (κ2) is 11.4. The number of nitrogens with zero attached hydrogens (tertiary/aromatic N) is 2. The Morgan fingerprint density at radius 2 is 1.94 bits per heavy atom. The Balaban J connectivity index is 2.30. The summed E-state index contributed by atoms with van der Waals surface area (Å²) >= 11 is 12.0. The number of rotatable bonds is 8. The first-order valence-electron chi connectivity index (χ1n) is 11.0. The summed E-state index contributed by atoms with van der Waals surface area (Å²) in [5.74, 6) is -0.605. The number of hydrogen-bond donors (Lipinski definition) is 1. The van der Waals surface area contributed by atoms with Crippen molar-refractivity contribution in [1.29, 1.82) is 0 Å². The minimum Gasteiger partial charge on any atom is -0.444 e. The molecule has 1 unspecified atom stereocenters. The summed E-state index contributed by atoms with van der Waals surface area (Å²) in [7, 11) is -3.95. The van der Waals surface area contributed by atoms with Crippen molar-refractivity contribution in [2.75, 3.05) is 26.2 Å². The van der Waals surface area contributed by atoms with Gasteiger partial charge in [0.2, 0.25) is 15.9 Å². The fraction of sp³-hybridized carbons (Fsp3) is 0.636. The van der Waals surface area contributed by atoms with Crippen LogP contribution < -0.4 is 5.73 Å². The predicted molar refractivity (Wildman–Crippen MR) is 130 cm³/mol. The molecular formula is C22H33Cl2N3O6S. The molecule has 1 aliphatic rings. The highest BCUT2D eigenvalue weighted by Gasteiger charge is 2.38. The number of benzene rings is 1. The molecule has 2 N–H and O–H groups in total. The van der Waals surface area contributed by atoms with Crippen molar-refractivity contribution in [1.82, 2.24) is 9.21 Å². The molecule has 1 aromatic rings. The van der Waals surface area contributed by atoms with Crippen LogP contribution in [-0.4, -0.2) is 73.6 Å². The van der Waals surface area contributed by atoms with Crippen LogP contribution in [0.3, 0.4) is 0 Å². The van der Waals surface area contributed by atoms with Crippen LogP contribution in [0, 0.1) is 5.92 Å². The number of nitrogens with two attached hydrogens (primary N) is 1. The summed E-state index contributed by atoms with van der Waals surface area (Å²) in [6.45, 7) is 9.04. The smallest absolute Gasteiger partial charge is 0.411 e. The Bertz CT molecular complexity index is 997. The SMILES string of the molecule is CC(C)C[C@@H](C(N)=O)N(CC1CN(S(=O)(=O)c2ccc(Cl)cc2Cl)CCO1)C(=O)OC(C)(C)C. The predicted octanol–water partition coefficient (Wildman–Crippen LogP) is 3.52. The zero-order valence-electron chi connectivity index (χ0n) is 20.1. The monoisotopic (exact) mass is 537 g/mol. The largest absolute Gasteiger partial charge is 0.444 e. The maximum absolute atomic E-state index is 13.2. The van der Waals surface area contributed by atoms with Gasteiger partial charge >= 0.3 is 6.09 Å². The van der Waals surface area contributed by atoms with E-state index in [1.54, 1.807) is 20.8 Å². The molecule has 2 rings (SSSR count). The fourth-order valence-corrected chi connectivity index (χ4v) is 5.76. The third-order valence-electron chi connectivity index (χ3n) is 5.04. The second-order valence-corrected chi connectivity index (χ2v) is 12.4. The zero-order chi connectivity index (χ0) is 25.8. The van der Waals surface area contributed by atoms with Crippen LogP contribution in [0.25, 0.3) is 0 Å². The number of morpholine rings is 1. The van der Waals surface area contributed by atoms with Gasteiger partial charge in [-0.25, -0.2) is 13.2 Å². The topological polar surface area (TPSA) is 119 Å². The van der Waals surface area contributed by atoms with Gasteiger partial charge in [0.1, 0.15) is 16.5 Å². The number of primary amides is 1. The van der Waals surface area contributed by atoms with E-state index in [0.717, 1.165) is 0 Å². The summed E-state index contributed by atoms with van der Waals surface area (Å²) in [6.07, 6.45) is -1.11. The maximum Gasteiger partial charge on any atom is 0.411 e. The maximum atomic E-state index is 13.2. The van der Waals surface area contributed by atoms with Crippen LogP contribution in [0.15, 0.2) is 23.1 Å². The van der Waals surface area contributed by atoms with Crippen LogP contribution in [0.2, 0.25) is 10.0 Å². The average molecular weight is 538 g/mol. The van der Waals surface area contributed by atoms with Crippen molar-refractivity contribution in [3.8, 4) is 0 Å². The lowest BCUT2D eigenvalue weighted by Crippen LogP contribution is -2.56. The Kier molecular flexibility index (Phi) is 9.63. The summed E-state index contributed by atoms with van der Waals surface area (Å²) in [5, 5.41) is 0.330. The molecule has 0 bridgehead atoms. The molecule has 34 heavy (non-hydrogen) atoms. The molecule has 0 saturated carbocycles. The summed E-state index contributed by atoms with van der Waals surface area (Å²) in [4.78, 5) is 26.4. The fourth-order valence-electron chi connectivity index (χ4n) is 3.56. The number of sulfonamides is 1. The van der Waals surface area contributed by atoms with E-state index in [0.29, 0.717) is 11.4 Å². The molecular weight excluding hydrogens is 505 g/mol. The Morgan fingerprint density at radius 3 is 2.47 bits per heavy atom. The molecule has 1 saturated heterocycles. The molecule has 1 aromatic carbocycles. The van der Waals surface area contributed by atoms with Crippen LogP contribution in [0.5, 0.6) is 0 Å². The van der Waals surface area contributed by atoms with Crippen molar-refractivity contribution in [2.24, 2.45) is 11.7 Å². The Hall–Kier alpha value is -1.59. The van der Waals surface area contributed by atoms with Gasteiger partial charge in [0.15, 0.2) is 0 Å². The molecule has 0 radical (unpaired) electrons. The number of amides is 2. The third-order valence-corrected chi connectivity index (χ3v) is 7.62. The Labute approximate surface area is 211 Å². The lowest BCUT2D eigenvalue weighted by Gasteiger charge is -2.38. The summed E-state index contributed by atoms with van der Waals surface area (Å²) in [5.41, 5.74) is 4.83. The Morgan fingerprint density at radius 1 is 1.29 bits per heavy atom. The number of halogens is 2. The standard InChI is InChI=1S/C22H33Cl2N3O6S/c1-14(2)10-18(20(25)28)27(21(29)33-22(3,4)5)13-16-12-26(8-9-32-16)34(30,31)19-7-6-15(23)11-17(19)24/h6-7,11,14,16,18H,8-10,12-13H2,1-5H3,(H2,25,28)/t16?,18-/m0/s1. The normalized spacial score (nSPS) is 18.5. The van der Waals surface area contributed by atoms with Crippen LogP contribution in [-0.2, 0) is 24.3 Å². The molecule has 9 nitrogen and oxygen atoms in total. The highest BCUT2D eigenvalue weighted by molar-refractivity contribution is 7.89. The number of ether oxygens (including phenoxy) is 2. The van der Waals surface area contributed by atoms with E-state index < -0.39 is 39.8 Å². The van der Waals surface area contributed by atoms with E-state index in [4.69, 9.17) is 38.4 Å². The zero-order valence-corrected chi connectivity index (χ0v) is 22.4. The van der Waals surface area contributed by atoms with E-state index >= 15 is 0 Å². The van der Waals surface area contributed by atoms with Gasteiger partial charge in [-0.15, -0.1) is 0 Å². The van der Waals surface area contributed by atoms with Crippen molar-refractivity contribution in [2.45, 2.75) is 63.7 Å². The minimum absolute atomic E-state index is 0.0108. The number of carbonyl (C=O) groups is 2. The lowest BCUT2D eigenvalue weighted by molar-refractivity contribution is -0.125. The lowest BCUT2D eigenvalue weighted by atomic mass is 10.0. The van der Waals surface area contributed by atoms with Gasteiger partial charge in [0.25, 0.3) is 0 Å². The molecule has 0 spiro atoms. The number of carbonyl (C=O) groups excluding carboxylic acids is 2. The van der Waals surface area contributed by atoms with Crippen molar-refractivity contribution in [3.63, 3.8) is 0 Å². The van der Waals surface area contributed by atoms with E-state index in [2.05, 4.69) is 0 Å². The first kappa shape index (κ1) is 28.6. The number of hydrogen-bond acceptors (Lipinski definition) is 6. The molecule has 2 atom stereocenters. The second-order valence-electron chi connectivity index (χ2n) is 9.61. The van der Waals surface area contributed by atoms with E-state index in [1.807, 2.05) is 13.8 Å². The third kappa shape index (κ3) is 7.71. The van der Waals surface area contributed by atoms with Gasteiger partial charge in [-0.05, 0) is 51.3 Å². The average Bonchev–Trinajstić information content (AvgIpc) is 2.68. The summed E-state index contributed by atoms with van der Waals surface area (Å²) < 4.78 is 39.0. The van der Waals surface area contributed by atoms with Crippen LogP contribution >= 0.6 is 23.2 Å².